The zero-order valence-corrected chi connectivity index (χ0v) is 10.8. The lowest BCUT2D eigenvalue weighted by Gasteiger charge is -2.35. The van der Waals surface area contributed by atoms with Gasteiger partial charge in [0.05, 0.1) is 0 Å². The second kappa shape index (κ2) is 7.37. The van der Waals surface area contributed by atoms with Crippen molar-refractivity contribution in [1.82, 2.24) is 5.32 Å². The van der Waals surface area contributed by atoms with Gasteiger partial charge in [-0.25, -0.2) is 4.79 Å². The zero-order valence-electron chi connectivity index (χ0n) is 9.20. The van der Waals surface area contributed by atoms with Gasteiger partial charge in [0.1, 0.15) is 6.04 Å². The molecule has 0 aromatic heterocycles. The third kappa shape index (κ3) is 3.77. The number of aliphatic carboxylic acids is 1. The molecule has 1 atom stereocenters. The van der Waals surface area contributed by atoms with E-state index in [2.05, 4.69) is 5.32 Å². The summed E-state index contributed by atoms with van der Waals surface area (Å²) in [7, 11) is 0. The van der Waals surface area contributed by atoms with Crippen molar-refractivity contribution in [3.05, 3.63) is 30.3 Å². The molecule has 96 valence electrons. The van der Waals surface area contributed by atoms with Crippen molar-refractivity contribution in [2.75, 3.05) is 24.5 Å². The van der Waals surface area contributed by atoms with Crippen molar-refractivity contribution in [1.29, 1.82) is 0 Å². The molecule has 0 saturated carbocycles. The van der Waals surface area contributed by atoms with Gasteiger partial charge in [-0.05, 0) is 12.1 Å². The Hall–Kier alpha value is -0.970. The summed E-state index contributed by atoms with van der Waals surface area (Å²) in [6, 6.07) is 9.22. The molecule has 1 unspecified atom stereocenters. The smallest absolute Gasteiger partial charge is 0.327 e. The van der Waals surface area contributed by atoms with Crippen molar-refractivity contribution in [2.45, 2.75) is 6.04 Å². The van der Waals surface area contributed by atoms with Gasteiger partial charge in [0.25, 0.3) is 0 Å². The maximum absolute atomic E-state index is 11.1. The van der Waals surface area contributed by atoms with Crippen LogP contribution in [-0.2, 0) is 4.79 Å². The Morgan fingerprint density at radius 3 is 2.53 bits per heavy atom. The predicted octanol–water partition coefficient (Wildman–Crippen LogP) is 1.39. The molecule has 1 fully saturated rings. The molecule has 0 amide bonds. The fraction of sp³-hybridized carbons (Fsp3) is 0.364. The average molecular weight is 279 g/mol. The highest BCUT2D eigenvalue weighted by Crippen LogP contribution is 2.17. The molecule has 2 N–H and O–H groups in total. The van der Waals surface area contributed by atoms with Crippen LogP contribution >= 0.6 is 24.8 Å². The van der Waals surface area contributed by atoms with E-state index in [1.807, 2.05) is 35.2 Å². The number of halogens is 2. The number of hydrogen-bond acceptors (Lipinski definition) is 3. The number of nitrogens with zero attached hydrogens (tertiary/aromatic N) is 1. The lowest BCUT2D eigenvalue weighted by Crippen LogP contribution is -2.55. The molecule has 1 aliphatic heterocycles. The summed E-state index contributed by atoms with van der Waals surface area (Å²) in [4.78, 5) is 13.0. The van der Waals surface area contributed by atoms with E-state index in [9.17, 15) is 4.79 Å². The SMILES string of the molecule is Cl.Cl.O=C(O)C1CNCCN1c1ccccc1. The number of carboxylic acid groups (broad SMARTS) is 1. The first kappa shape index (κ1) is 16.0. The maximum atomic E-state index is 11.1. The van der Waals surface area contributed by atoms with Gasteiger partial charge >= 0.3 is 5.97 Å². The highest BCUT2D eigenvalue weighted by Gasteiger charge is 2.28. The standard InChI is InChI=1S/C11H14N2O2.2ClH/c14-11(15)10-8-12-6-7-13(10)9-4-2-1-3-5-9;;/h1-5,10,12H,6-8H2,(H,14,15);2*1H. The lowest BCUT2D eigenvalue weighted by atomic mass is 10.1. The van der Waals surface area contributed by atoms with Gasteiger partial charge in [0.15, 0.2) is 0 Å². The maximum Gasteiger partial charge on any atom is 0.327 e. The Balaban J connectivity index is 0.00000128. The minimum Gasteiger partial charge on any atom is -0.480 e. The predicted molar refractivity (Wildman–Crippen MR) is 72.6 cm³/mol. The first-order chi connectivity index (χ1) is 7.29. The van der Waals surface area contributed by atoms with Gasteiger partial charge in [0.2, 0.25) is 0 Å². The third-order valence-electron chi connectivity index (χ3n) is 2.62. The molecule has 1 saturated heterocycles. The second-order valence-corrected chi connectivity index (χ2v) is 3.59. The quantitative estimate of drug-likeness (QED) is 0.859. The minimum absolute atomic E-state index is 0. The summed E-state index contributed by atoms with van der Waals surface area (Å²) in [5.41, 5.74) is 0.978. The number of benzene rings is 1. The number of anilines is 1. The number of carbonyl (C=O) groups is 1. The van der Waals surface area contributed by atoms with E-state index >= 15 is 0 Å². The van der Waals surface area contributed by atoms with Gasteiger partial charge in [-0.15, -0.1) is 24.8 Å². The summed E-state index contributed by atoms with van der Waals surface area (Å²) in [6.07, 6.45) is 0. The van der Waals surface area contributed by atoms with E-state index in [1.165, 1.54) is 0 Å². The van der Waals surface area contributed by atoms with Gasteiger partial charge in [-0.1, -0.05) is 18.2 Å². The van der Waals surface area contributed by atoms with Crippen molar-refractivity contribution in [3.63, 3.8) is 0 Å². The Morgan fingerprint density at radius 1 is 1.29 bits per heavy atom. The van der Waals surface area contributed by atoms with Gasteiger partial charge in [0, 0.05) is 25.3 Å². The largest absolute Gasteiger partial charge is 0.480 e. The second-order valence-electron chi connectivity index (χ2n) is 3.59. The number of hydrogen-bond donors (Lipinski definition) is 2. The molecule has 1 aromatic carbocycles. The summed E-state index contributed by atoms with van der Waals surface area (Å²) >= 11 is 0. The molecular formula is C11H16Cl2N2O2. The van der Waals surface area contributed by atoms with Gasteiger partial charge < -0.3 is 15.3 Å². The van der Waals surface area contributed by atoms with Crippen LogP contribution in [0.25, 0.3) is 0 Å². The van der Waals surface area contributed by atoms with Gasteiger partial charge in [-0.2, -0.15) is 0 Å². The molecule has 4 nitrogen and oxygen atoms in total. The molecule has 2 rings (SSSR count). The molecule has 0 spiro atoms. The fourth-order valence-corrected chi connectivity index (χ4v) is 1.85. The van der Waals surface area contributed by atoms with E-state index in [-0.39, 0.29) is 24.8 Å². The average Bonchev–Trinajstić information content (AvgIpc) is 2.30. The molecule has 1 aliphatic rings. The molecule has 1 aromatic rings. The van der Waals surface area contributed by atoms with E-state index in [1.54, 1.807) is 0 Å². The number of piperazine rings is 1. The van der Waals surface area contributed by atoms with E-state index in [4.69, 9.17) is 5.11 Å². The van der Waals surface area contributed by atoms with Crippen LogP contribution in [0, 0.1) is 0 Å². The molecule has 0 aliphatic carbocycles. The topological polar surface area (TPSA) is 52.6 Å². The van der Waals surface area contributed by atoms with E-state index < -0.39 is 12.0 Å². The molecular weight excluding hydrogens is 263 g/mol. The number of rotatable bonds is 2. The van der Waals surface area contributed by atoms with Crippen molar-refractivity contribution in [2.24, 2.45) is 0 Å². The summed E-state index contributed by atoms with van der Waals surface area (Å²) < 4.78 is 0. The van der Waals surface area contributed by atoms with Crippen molar-refractivity contribution < 1.29 is 9.90 Å². The summed E-state index contributed by atoms with van der Waals surface area (Å²) in [6.45, 7) is 2.07. The molecule has 0 bridgehead atoms. The Kier molecular flexibility index (Phi) is 6.95. The molecule has 1 heterocycles. The van der Waals surface area contributed by atoms with Gasteiger partial charge in [-0.3, -0.25) is 0 Å². The van der Waals surface area contributed by atoms with E-state index in [0.29, 0.717) is 6.54 Å². The fourth-order valence-electron chi connectivity index (χ4n) is 1.85. The number of para-hydroxylation sites is 1. The van der Waals surface area contributed by atoms with Crippen molar-refractivity contribution >= 4 is 36.5 Å². The third-order valence-corrected chi connectivity index (χ3v) is 2.62. The molecule has 6 heteroatoms. The summed E-state index contributed by atoms with van der Waals surface area (Å²) in [5, 5.41) is 12.2. The molecule has 17 heavy (non-hydrogen) atoms. The monoisotopic (exact) mass is 278 g/mol. The van der Waals surface area contributed by atoms with Crippen LogP contribution in [0.1, 0.15) is 0 Å². The lowest BCUT2D eigenvalue weighted by molar-refractivity contribution is -0.138. The Bertz CT molecular complexity index is 349. The van der Waals surface area contributed by atoms with Crippen LogP contribution in [0.2, 0.25) is 0 Å². The van der Waals surface area contributed by atoms with Crippen LogP contribution in [0.3, 0.4) is 0 Å². The number of carboxylic acids is 1. The van der Waals surface area contributed by atoms with Crippen LogP contribution in [0.4, 0.5) is 5.69 Å². The van der Waals surface area contributed by atoms with Crippen LogP contribution < -0.4 is 10.2 Å². The number of nitrogens with one attached hydrogen (secondary N) is 1. The van der Waals surface area contributed by atoms with Crippen molar-refractivity contribution in [3.8, 4) is 0 Å². The van der Waals surface area contributed by atoms with Crippen LogP contribution in [0.15, 0.2) is 30.3 Å². The van der Waals surface area contributed by atoms with Crippen LogP contribution in [0.5, 0.6) is 0 Å². The normalized spacial score (nSPS) is 18.8. The summed E-state index contributed by atoms with van der Waals surface area (Å²) in [5.74, 6) is -0.772. The highest BCUT2D eigenvalue weighted by molar-refractivity contribution is 5.85. The Morgan fingerprint density at radius 2 is 1.94 bits per heavy atom. The first-order valence-corrected chi connectivity index (χ1v) is 5.04. The Labute approximate surface area is 113 Å². The van der Waals surface area contributed by atoms with E-state index in [0.717, 1.165) is 18.8 Å². The first-order valence-electron chi connectivity index (χ1n) is 5.04. The highest BCUT2D eigenvalue weighted by atomic mass is 35.5. The van der Waals surface area contributed by atoms with Crippen LogP contribution in [-0.4, -0.2) is 36.8 Å². The molecule has 0 radical (unpaired) electrons. The zero-order chi connectivity index (χ0) is 10.7. The minimum atomic E-state index is -0.772.